The van der Waals surface area contributed by atoms with Gasteiger partial charge >= 0.3 is 5.92 Å². The number of hydrogen-bond donors (Lipinski definition) is 0. The standard InChI is InChI=1S/C22H16F4N2O/c1-14-3-5-15(6-4-14)16-7-10-20(28-12-16)22(25,26)21(13-27,29-2)18-9-8-17(23)11-19(18)24/h3-12H,1-2H3/t21-/m0/s1. The van der Waals surface area contributed by atoms with Crippen LogP contribution in [0.1, 0.15) is 16.8 Å². The lowest BCUT2D eigenvalue weighted by molar-refractivity contribution is -0.182. The highest BCUT2D eigenvalue weighted by Gasteiger charge is 2.60. The van der Waals surface area contributed by atoms with Crippen molar-refractivity contribution in [3.63, 3.8) is 0 Å². The molecule has 3 aromatic rings. The van der Waals surface area contributed by atoms with Crippen molar-refractivity contribution in [1.29, 1.82) is 5.26 Å². The number of aryl methyl sites for hydroxylation is 1. The van der Waals surface area contributed by atoms with Gasteiger partial charge in [0.25, 0.3) is 5.60 Å². The summed E-state index contributed by atoms with van der Waals surface area (Å²) in [4.78, 5) is 3.81. The molecule has 0 spiro atoms. The molecule has 0 saturated heterocycles. The second kappa shape index (κ2) is 7.64. The highest BCUT2D eigenvalue weighted by atomic mass is 19.3. The molecule has 29 heavy (non-hydrogen) atoms. The zero-order valence-electron chi connectivity index (χ0n) is 15.6. The van der Waals surface area contributed by atoms with E-state index in [-0.39, 0.29) is 0 Å². The fraction of sp³-hybridized carbons (Fsp3) is 0.182. The van der Waals surface area contributed by atoms with Crippen molar-refractivity contribution >= 4 is 0 Å². The van der Waals surface area contributed by atoms with Gasteiger partial charge in [-0.2, -0.15) is 14.0 Å². The Morgan fingerprint density at radius 1 is 0.966 bits per heavy atom. The number of halogens is 4. The Bertz CT molecular complexity index is 1060. The van der Waals surface area contributed by atoms with Gasteiger partial charge in [0.2, 0.25) is 0 Å². The first-order chi connectivity index (χ1) is 13.7. The summed E-state index contributed by atoms with van der Waals surface area (Å²) in [5.41, 5.74) is -2.16. The minimum absolute atomic E-state index is 0.421. The third-order valence-electron chi connectivity index (χ3n) is 4.69. The normalized spacial score (nSPS) is 13.6. The molecule has 1 heterocycles. The lowest BCUT2D eigenvalue weighted by atomic mass is 9.85. The molecule has 0 N–H and O–H groups in total. The second-order valence-corrected chi connectivity index (χ2v) is 6.49. The smallest absolute Gasteiger partial charge is 0.335 e. The number of hydrogen-bond acceptors (Lipinski definition) is 3. The van der Waals surface area contributed by atoms with Gasteiger partial charge in [-0.25, -0.2) is 8.78 Å². The summed E-state index contributed by atoms with van der Waals surface area (Å²) in [6, 6.07) is 13.2. The average Bonchev–Trinajstić information content (AvgIpc) is 2.71. The van der Waals surface area contributed by atoms with Crippen LogP contribution in [0, 0.1) is 29.9 Å². The van der Waals surface area contributed by atoms with Crippen LogP contribution in [0.15, 0.2) is 60.8 Å². The predicted octanol–water partition coefficient (Wildman–Crippen LogP) is 5.49. The van der Waals surface area contributed by atoms with Crippen molar-refractivity contribution in [3.05, 3.63) is 89.2 Å². The van der Waals surface area contributed by atoms with E-state index in [9.17, 15) is 14.0 Å². The number of alkyl halides is 2. The van der Waals surface area contributed by atoms with Gasteiger partial charge in [-0.3, -0.25) is 4.98 Å². The highest BCUT2D eigenvalue weighted by Crippen LogP contribution is 2.47. The Balaban J connectivity index is 2.07. The molecule has 3 nitrogen and oxygen atoms in total. The van der Waals surface area contributed by atoms with E-state index in [0.29, 0.717) is 11.6 Å². The van der Waals surface area contributed by atoms with E-state index in [2.05, 4.69) is 4.98 Å². The Morgan fingerprint density at radius 2 is 1.62 bits per heavy atom. The van der Waals surface area contributed by atoms with Crippen LogP contribution in [0.3, 0.4) is 0 Å². The summed E-state index contributed by atoms with van der Waals surface area (Å²) < 4.78 is 63.0. The van der Waals surface area contributed by atoms with Crippen molar-refractivity contribution in [3.8, 4) is 17.2 Å². The van der Waals surface area contributed by atoms with Gasteiger partial charge in [0.05, 0.1) is 0 Å². The molecule has 0 unspecified atom stereocenters. The van der Waals surface area contributed by atoms with Gasteiger partial charge in [-0.15, -0.1) is 0 Å². The number of nitrogens with zero attached hydrogens (tertiary/aromatic N) is 2. The van der Waals surface area contributed by atoms with Crippen LogP contribution in [0.2, 0.25) is 0 Å². The van der Waals surface area contributed by atoms with E-state index in [1.54, 1.807) is 0 Å². The number of benzene rings is 2. The molecule has 0 saturated carbocycles. The summed E-state index contributed by atoms with van der Waals surface area (Å²) in [6.07, 6.45) is 1.24. The number of methoxy groups -OCH3 is 1. The topological polar surface area (TPSA) is 45.9 Å². The van der Waals surface area contributed by atoms with Crippen LogP contribution in [-0.2, 0) is 16.3 Å². The first kappa shape index (κ1) is 20.5. The maximum absolute atomic E-state index is 15.4. The number of pyridine rings is 1. The molecule has 0 aliphatic heterocycles. The zero-order valence-corrected chi connectivity index (χ0v) is 15.6. The summed E-state index contributed by atoms with van der Waals surface area (Å²) >= 11 is 0. The van der Waals surface area contributed by atoms with Gasteiger partial charge in [0, 0.05) is 30.5 Å². The van der Waals surface area contributed by atoms with Crippen molar-refractivity contribution in [2.75, 3.05) is 7.11 Å². The van der Waals surface area contributed by atoms with Crippen molar-refractivity contribution in [1.82, 2.24) is 4.98 Å². The van der Waals surface area contributed by atoms with E-state index < -0.39 is 34.4 Å². The Labute approximate surface area is 165 Å². The molecule has 0 fully saturated rings. The Hall–Kier alpha value is -3.24. The monoisotopic (exact) mass is 400 g/mol. The summed E-state index contributed by atoms with van der Waals surface area (Å²) in [5.74, 6) is -6.30. The molecule has 148 valence electrons. The number of ether oxygens (including phenoxy) is 1. The first-order valence-electron chi connectivity index (χ1n) is 8.58. The molecule has 0 aliphatic carbocycles. The lowest BCUT2D eigenvalue weighted by Gasteiger charge is -2.33. The summed E-state index contributed by atoms with van der Waals surface area (Å²) in [6.45, 7) is 1.92. The molecule has 0 radical (unpaired) electrons. The molecule has 0 aliphatic rings. The van der Waals surface area contributed by atoms with Crippen LogP contribution < -0.4 is 0 Å². The van der Waals surface area contributed by atoms with Crippen molar-refractivity contribution < 1.29 is 22.3 Å². The van der Waals surface area contributed by atoms with Crippen molar-refractivity contribution in [2.45, 2.75) is 18.4 Å². The fourth-order valence-corrected chi connectivity index (χ4v) is 3.04. The quantitative estimate of drug-likeness (QED) is 0.532. The lowest BCUT2D eigenvalue weighted by Crippen LogP contribution is -2.45. The zero-order chi connectivity index (χ0) is 21.2. The molecular weight excluding hydrogens is 384 g/mol. The van der Waals surface area contributed by atoms with Crippen molar-refractivity contribution in [2.24, 2.45) is 0 Å². The van der Waals surface area contributed by atoms with Crippen LogP contribution in [0.5, 0.6) is 0 Å². The van der Waals surface area contributed by atoms with Crippen LogP contribution in [0.25, 0.3) is 11.1 Å². The molecule has 7 heteroatoms. The van der Waals surface area contributed by atoms with Crippen LogP contribution >= 0.6 is 0 Å². The average molecular weight is 400 g/mol. The number of aromatic nitrogens is 1. The first-order valence-corrected chi connectivity index (χ1v) is 8.58. The Morgan fingerprint density at radius 3 is 2.14 bits per heavy atom. The third-order valence-corrected chi connectivity index (χ3v) is 4.69. The van der Waals surface area contributed by atoms with E-state index in [4.69, 9.17) is 4.74 Å². The van der Waals surface area contributed by atoms with E-state index in [1.807, 2.05) is 31.2 Å². The summed E-state index contributed by atoms with van der Waals surface area (Å²) in [7, 11) is 0.862. The molecule has 1 aromatic heterocycles. The minimum Gasteiger partial charge on any atom is -0.354 e. The molecule has 3 rings (SSSR count). The number of rotatable bonds is 5. The predicted molar refractivity (Wildman–Crippen MR) is 99.0 cm³/mol. The van der Waals surface area contributed by atoms with Gasteiger partial charge in [0.1, 0.15) is 23.4 Å². The third kappa shape index (κ3) is 3.47. The second-order valence-electron chi connectivity index (χ2n) is 6.49. The van der Waals surface area contributed by atoms with Gasteiger partial charge < -0.3 is 4.74 Å². The molecule has 0 amide bonds. The fourth-order valence-electron chi connectivity index (χ4n) is 3.04. The highest BCUT2D eigenvalue weighted by molar-refractivity contribution is 5.62. The van der Waals surface area contributed by atoms with Crippen LogP contribution in [-0.4, -0.2) is 12.1 Å². The molecule has 1 atom stereocenters. The van der Waals surface area contributed by atoms with E-state index in [0.717, 1.165) is 36.4 Å². The maximum atomic E-state index is 15.4. The SMILES string of the molecule is CO[C@@](C#N)(c1ccc(F)cc1F)C(F)(F)c1ccc(-c2ccc(C)cc2)cn1. The molecule has 2 aromatic carbocycles. The number of nitriles is 1. The minimum atomic E-state index is -4.03. The van der Waals surface area contributed by atoms with Crippen LogP contribution in [0.4, 0.5) is 17.6 Å². The maximum Gasteiger partial charge on any atom is 0.335 e. The van der Waals surface area contributed by atoms with Gasteiger partial charge in [-0.05, 0) is 30.7 Å². The van der Waals surface area contributed by atoms with Gasteiger partial charge in [0.15, 0.2) is 0 Å². The summed E-state index contributed by atoms with van der Waals surface area (Å²) in [5, 5.41) is 9.54. The largest absolute Gasteiger partial charge is 0.354 e. The van der Waals surface area contributed by atoms with E-state index in [1.165, 1.54) is 18.3 Å². The Kier molecular flexibility index (Phi) is 5.40. The molecule has 0 bridgehead atoms. The van der Waals surface area contributed by atoms with Gasteiger partial charge in [-0.1, -0.05) is 35.9 Å². The van der Waals surface area contributed by atoms with E-state index >= 15 is 8.78 Å². The molecular formula is C22H16F4N2O.